The first kappa shape index (κ1) is 9.32. The van der Waals surface area contributed by atoms with Crippen molar-refractivity contribution in [2.75, 3.05) is 26.7 Å². The summed E-state index contributed by atoms with van der Waals surface area (Å²) in [4.78, 5) is 13.2. The molecule has 2 N–H and O–H groups in total. The van der Waals surface area contributed by atoms with Crippen molar-refractivity contribution in [3.63, 3.8) is 0 Å². The number of nitrogens with one attached hydrogen (secondary N) is 2. The minimum absolute atomic E-state index is 0.0335. The Hall–Kier alpha value is -0.770. The molecule has 12 heavy (non-hydrogen) atoms. The molecule has 4 nitrogen and oxygen atoms in total. The van der Waals surface area contributed by atoms with E-state index in [0.717, 1.165) is 26.1 Å². The highest BCUT2D eigenvalue weighted by Crippen LogP contribution is 2.07. The van der Waals surface area contributed by atoms with Crippen LogP contribution in [0.25, 0.3) is 0 Å². The van der Waals surface area contributed by atoms with E-state index in [1.807, 2.05) is 11.8 Å². The van der Waals surface area contributed by atoms with Crippen LogP contribution in [-0.2, 0) is 0 Å². The fraction of sp³-hybridized carbons (Fsp3) is 0.875. The van der Waals surface area contributed by atoms with Gasteiger partial charge in [-0.15, -0.1) is 0 Å². The average Bonchev–Trinajstić information content (AvgIpc) is 2.58. The largest absolute Gasteiger partial charge is 0.341 e. The molecule has 0 aromatic rings. The average molecular weight is 171 g/mol. The van der Waals surface area contributed by atoms with Crippen molar-refractivity contribution < 1.29 is 4.79 Å². The van der Waals surface area contributed by atoms with Crippen molar-refractivity contribution >= 4 is 6.03 Å². The first-order chi connectivity index (χ1) is 5.79. The third-order valence-corrected chi connectivity index (χ3v) is 2.29. The number of nitrogens with zero attached hydrogens (tertiary/aromatic N) is 1. The second-order valence-electron chi connectivity index (χ2n) is 2.99. The zero-order chi connectivity index (χ0) is 8.97. The number of hydrogen-bond donors (Lipinski definition) is 2. The van der Waals surface area contributed by atoms with Gasteiger partial charge in [0.15, 0.2) is 0 Å². The van der Waals surface area contributed by atoms with Crippen LogP contribution < -0.4 is 10.6 Å². The van der Waals surface area contributed by atoms with Gasteiger partial charge in [-0.05, 0) is 19.9 Å². The second kappa shape index (κ2) is 4.30. The highest BCUT2D eigenvalue weighted by atomic mass is 16.2. The molecule has 0 aliphatic carbocycles. The SMILES string of the molecule is CCN(C(=O)NC)C1CCNC1. The van der Waals surface area contributed by atoms with Crippen molar-refractivity contribution in [1.82, 2.24) is 15.5 Å². The number of likely N-dealkylation sites (N-methyl/N-ethyl adjacent to an activating group) is 1. The first-order valence-electron chi connectivity index (χ1n) is 4.48. The van der Waals surface area contributed by atoms with Crippen LogP contribution in [0.5, 0.6) is 0 Å². The van der Waals surface area contributed by atoms with Crippen molar-refractivity contribution in [3.8, 4) is 0 Å². The van der Waals surface area contributed by atoms with Gasteiger partial charge in [0.25, 0.3) is 0 Å². The normalized spacial score (nSPS) is 22.3. The summed E-state index contributed by atoms with van der Waals surface area (Å²) >= 11 is 0. The quantitative estimate of drug-likeness (QED) is 0.614. The molecule has 0 radical (unpaired) electrons. The Balaban J connectivity index is 2.48. The predicted octanol–water partition coefficient (Wildman–Crippen LogP) is 0.00960. The molecule has 2 amide bonds. The van der Waals surface area contributed by atoms with E-state index >= 15 is 0 Å². The number of carbonyl (C=O) groups is 1. The van der Waals surface area contributed by atoms with Crippen LogP contribution in [0.2, 0.25) is 0 Å². The lowest BCUT2D eigenvalue weighted by atomic mass is 10.2. The third kappa shape index (κ3) is 1.88. The molecule has 4 heteroatoms. The zero-order valence-corrected chi connectivity index (χ0v) is 7.76. The van der Waals surface area contributed by atoms with E-state index in [-0.39, 0.29) is 6.03 Å². The number of amides is 2. The fourth-order valence-corrected chi connectivity index (χ4v) is 1.62. The lowest BCUT2D eigenvalue weighted by Crippen LogP contribution is -2.45. The minimum atomic E-state index is 0.0335. The lowest BCUT2D eigenvalue weighted by molar-refractivity contribution is 0.184. The summed E-state index contributed by atoms with van der Waals surface area (Å²) in [5, 5.41) is 5.90. The summed E-state index contributed by atoms with van der Waals surface area (Å²) in [6.45, 7) is 4.75. The van der Waals surface area contributed by atoms with Gasteiger partial charge < -0.3 is 15.5 Å². The van der Waals surface area contributed by atoms with Gasteiger partial charge in [-0.25, -0.2) is 4.79 Å². The lowest BCUT2D eigenvalue weighted by Gasteiger charge is -2.26. The summed E-state index contributed by atoms with van der Waals surface area (Å²) < 4.78 is 0. The maximum Gasteiger partial charge on any atom is 0.317 e. The van der Waals surface area contributed by atoms with Crippen LogP contribution in [0.4, 0.5) is 4.79 Å². The van der Waals surface area contributed by atoms with Crippen LogP contribution in [0.15, 0.2) is 0 Å². The zero-order valence-electron chi connectivity index (χ0n) is 7.76. The second-order valence-corrected chi connectivity index (χ2v) is 2.99. The van der Waals surface area contributed by atoms with Crippen LogP contribution in [-0.4, -0.2) is 43.7 Å². The number of carbonyl (C=O) groups excluding carboxylic acids is 1. The van der Waals surface area contributed by atoms with Gasteiger partial charge in [0.05, 0.1) is 0 Å². The van der Waals surface area contributed by atoms with Crippen molar-refractivity contribution in [2.45, 2.75) is 19.4 Å². The van der Waals surface area contributed by atoms with Crippen LogP contribution >= 0.6 is 0 Å². The van der Waals surface area contributed by atoms with Crippen molar-refractivity contribution in [3.05, 3.63) is 0 Å². The Morgan fingerprint density at radius 2 is 2.50 bits per heavy atom. The Labute approximate surface area is 73.3 Å². The van der Waals surface area contributed by atoms with Gasteiger partial charge in [0.2, 0.25) is 0 Å². The minimum Gasteiger partial charge on any atom is -0.341 e. The van der Waals surface area contributed by atoms with E-state index in [4.69, 9.17) is 0 Å². The monoisotopic (exact) mass is 171 g/mol. The fourth-order valence-electron chi connectivity index (χ4n) is 1.62. The maximum absolute atomic E-state index is 11.3. The summed E-state index contributed by atoms with van der Waals surface area (Å²) in [6, 6.07) is 0.418. The Morgan fingerprint density at radius 3 is 2.92 bits per heavy atom. The van der Waals surface area contributed by atoms with Gasteiger partial charge in [-0.3, -0.25) is 0 Å². The number of hydrogen-bond acceptors (Lipinski definition) is 2. The molecule has 1 saturated heterocycles. The van der Waals surface area contributed by atoms with Crippen LogP contribution in [0.1, 0.15) is 13.3 Å². The Bertz CT molecular complexity index is 154. The maximum atomic E-state index is 11.3. The molecule has 1 aliphatic heterocycles. The van der Waals surface area contributed by atoms with E-state index in [0.29, 0.717) is 6.04 Å². The molecular formula is C8H17N3O. The molecule has 1 unspecified atom stereocenters. The van der Waals surface area contributed by atoms with E-state index in [1.165, 1.54) is 0 Å². The van der Waals surface area contributed by atoms with E-state index in [9.17, 15) is 4.79 Å². The summed E-state index contributed by atoms with van der Waals surface area (Å²) in [5.74, 6) is 0. The summed E-state index contributed by atoms with van der Waals surface area (Å²) in [6.07, 6.45) is 1.07. The smallest absolute Gasteiger partial charge is 0.317 e. The molecule has 1 rings (SSSR count). The van der Waals surface area contributed by atoms with Crippen molar-refractivity contribution in [2.24, 2.45) is 0 Å². The highest BCUT2D eigenvalue weighted by molar-refractivity contribution is 5.74. The highest BCUT2D eigenvalue weighted by Gasteiger charge is 2.23. The molecule has 0 bridgehead atoms. The first-order valence-corrected chi connectivity index (χ1v) is 4.48. The van der Waals surface area contributed by atoms with Crippen LogP contribution in [0.3, 0.4) is 0 Å². The molecule has 0 aromatic heterocycles. The molecule has 1 fully saturated rings. The van der Waals surface area contributed by atoms with Crippen LogP contribution in [0, 0.1) is 0 Å². The van der Waals surface area contributed by atoms with Gasteiger partial charge in [-0.2, -0.15) is 0 Å². The van der Waals surface area contributed by atoms with Gasteiger partial charge in [0.1, 0.15) is 0 Å². The predicted molar refractivity (Wildman–Crippen MR) is 48.1 cm³/mol. The summed E-state index contributed by atoms with van der Waals surface area (Å²) in [7, 11) is 1.67. The molecule has 70 valence electrons. The number of rotatable bonds is 2. The third-order valence-electron chi connectivity index (χ3n) is 2.29. The van der Waals surface area contributed by atoms with E-state index in [1.54, 1.807) is 7.05 Å². The molecule has 0 aromatic carbocycles. The molecule has 1 atom stereocenters. The molecular weight excluding hydrogens is 154 g/mol. The van der Waals surface area contributed by atoms with Gasteiger partial charge >= 0.3 is 6.03 Å². The Kier molecular flexibility index (Phi) is 3.34. The molecule has 1 aliphatic rings. The molecule has 1 heterocycles. The Morgan fingerprint density at radius 1 is 1.75 bits per heavy atom. The summed E-state index contributed by atoms with van der Waals surface area (Å²) in [5.41, 5.74) is 0. The topological polar surface area (TPSA) is 44.4 Å². The van der Waals surface area contributed by atoms with E-state index < -0.39 is 0 Å². The van der Waals surface area contributed by atoms with E-state index in [2.05, 4.69) is 10.6 Å². The molecule has 0 spiro atoms. The molecule has 0 saturated carbocycles. The van der Waals surface area contributed by atoms with Gasteiger partial charge in [0, 0.05) is 26.2 Å². The van der Waals surface area contributed by atoms with Gasteiger partial charge in [-0.1, -0.05) is 0 Å². The number of urea groups is 1. The standard InChI is InChI=1S/C8H17N3O/c1-3-11(8(12)9-2)7-4-5-10-6-7/h7,10H,3-6H2,1-2H3,(H,9,12). The van der Waals surface area contributed by atoms with Crippen molar-refractivity contribution in [1.29, 1.82) is 0 Å².